The Balaban J connectivity index is 1.75. The van der Waals surface area contributed by atoms with Crippen LogP contribution in [-0.2, 0) is 0 Å². The molecule has 0 saturated carbocycles. The van der Waals surface area contributed by atoms with Gasteiger partial charge >= 0.3 is 5.69 Å². The van der Waals surface area contributed by atoms with Crippen molar-refractivity contribution < 1.29 is 19.1 Å². The standard InChI is InChI=1S/C22H24N4O5S/c1-4-5-9-31-21-19(26(27)28)10-15(11-20(21)30-3)13-23-25-22-24-18(14-32-22)16-7-6-8-17(12-16)29-2/h6-8,10-14H,4-5,9H2,1-3H3,(H,24,25)/b23-13-. The van der Waals surface area contributed by atoms with Gasteiger partial charge in [-0.3, -0.25) is 15.5 Å². The van der Waals surface area contributed by atoms with Gasteiger partial charge in [-0.25, -0.2) is 4.98 Å². The van der Waals surface area contributed by atoms with Gasteiger partial charge in [-0.1, -0.05) is 25.5 Å². The fraction of sp³-hybridized carbons (Fsp3) is 0.273. The number of hydrogen-bond acceptors (Lipinski definition) is 9. The van der Waals surface area contributed by atoms with Gasteiger partial charge in [0.05, 0.1) is 37.7 Å². The highest BCUT2D eigenvalue weighted by molar-refractivity contribution is 7.14. The van der Waals surface area contributed by atoms with Gasteiger partial charge in [0.15, 0.2) is 5.75 Å². The molecule has 0 atom stereocenters. The summed E-state index contributed by atoms with van der Waals surface area (Å²) in [6, 6.07) is 10.7. The molecule has 0 saturated heterocycles. The molecule has 32 heavy (non-hydrogen) atoms. The molecular weight excluding hydrogens is 432 g/mol. The van der Waals surface area contributed by atoms with Crippen molar-refractivity contribution in [3.63, 3.8) is 0 Å². The minimum atomic E-state index is -0.490. The zero-order valence-corrected chi connectivity index (χ0v) is 18.8. The summed E-state index contributed by atoms with van der Waals surface area (Å²) in [5.41, 5.74) is 4.90. The number of aromatic nitrogens is 1. The zero-order valence-electron chi connectivity index (χ0n) is 18.0. The number of ether oxygens (including phenoxy) is 3. The van der Waals surface area contributed by atoms with Gasteiger partial charge in [-0.2, -0.15) is 5.10 Å². The van der Waals surface area contributed by atoms with Crippen LogP contribution in [0, 0.1) is 10.1 Å². The normalized spacial score (nSPS) is 10.8. The first kappa shape index (κ1) is 23.0. The first-order chi connectivity index (χ1) is 15.5. The summed E-state index contributed by atoms with van der Waals surface area (Å²) in [5.74, 6) is 1.16. The summed E-state index contributed by atoms with van der Waals surface area (Å²) in [7, 11) is 3.06. The minimum absolute atomic E-state index is 0.124. The molecule has 0 aliphatic carbocycles. The van der Waals surface area contributed by atoms with E-state index in [0.29, 0.717) is 17.3 Å². The summed E-state index contributed by atoms with van der Waals surface area (Å²) < 4.78 is 16.2. The quantitative estimate of drug-likeness (QED) is 0.179. The van der Waals surface area contributed by atoms with Crippen LogP contribution in [0.2, 0.25) is 0 Å². The highest BCUT2D eigenvalue weighted by atomic mass is 32.1. The summed E-state index contributed by atoms with van der Waals surface area (Å²) >= 11 is 1.39. The number of rotatable bonds is 11. The van der Waals surface area contributed by atoms with Crippen molar-refractivity contribution in [1.82, 2.24) is 4.98 Å². The van der Waals surface area contributed by atoms with E-state index in [1.807, 2.05) is 36.6 Å². The van der Waals surface area contributed by atoms with Crippen molar-refractivity contribution in [2.75, 3.05) is 26.3 Å². The predicted octanol–water partition coefficient (Wildman–Crippen LogP) is 5.36. The van der Waals surface area contributed by atoms with Gasteiger partial charge in [0.2, 0.25) is 10.9 Å². The Morgan fingerprint density at radius 3 is 2.81 bits per heavy atom. The molecule has 1 N–H and O–H groups in total. The third-order valence-corrected chi connectivity index (χ3v) is 5.21. The molecule has 1 heterocycles. The minimum Gasteiger partial charge on any atom is -0.497 e. The fourth-order valence-corrected chi connectivity index (χ4v) is 3.50. The second-order valence-electron chi connectivity index (χ2n) is 6.67. The van der Waals surface area contributed by atoms with Crippen molar-refractivity contribution in [2.24, 2.45) is 5.10 Å². The number of nitro benzene ring substituents is 1. The van der Waals surface area contributed by atoms with Crippen LogP contribution in [0.25, 0.3) is 11.3 Å². The lowest BCUT2D eigenvalue weighted by Crippen LogP contribution is -2.03. The van der Waals surface area contributed by atoms with Crippen LogP contribution >= 0.6 is 11.3 Å². The van der Waals surface area contributed by atoms with Crippen LogP contribution in [0.3, 0.4) is 0 Å². The average Bonchev–Trinajstić information content (AvgIpc) is 3.28. The van der Waals surface area contributed by atoms with E-state index in [-0.39, 0.29) is 17.2 Å². The van der Waals surface area contributed by atoms with Crippen LogP contribution in [0.4, 0.5) is 10.8 Å². The summed E-state index contributed by atoms with van der Waals surface area (Å²) in [4.78, 5) is 15.6. The number of nitrogens with zero attached hydrogens (tertiary/aromatic N) is 3. The summed E-state index contributed by atoms with van der Waals surface area (Å²) in [6.45, 7) is 2.39. The van der Waals surface area contributed by atoms with Gasteiger partial charge in [0.1, 0.15) is 5.75 Å². The molecule has 0 bridgehead atoms. The van der Waals surface area contributed by atoms with Crippen molar-refractivity contribution in [2.45, 2.75) is 19.8 Å². The molecule has 0 spiro atoms. The molecule has 0 amide bonds. The molecule has 0 radical (unpaired) electrons. The third kappa shape index (κ3) is 5.73. The number of benzene rings is 2. The lowest BCUT2D eigenvalue weighted by atomic mass is 10.2. The maximum Gasteiger partial charge on any atom is 0.315 e. The molecule has 9 nitrogen and oxygen atoms in total. The van der Waals surface area contributed by atoms with E-state index in [2.05, 4.69) is 15.5 Å². The monoisotopic (exact) mass is 456 g/mol. The molecule has 10 heteroatoms. The molecule has 168 valence electrons. The molecule has 0 fully saturated rings. The van der Waals surface area contributed by atoms with E-state index in [1.165, 1.54) is 30.7 Å². The van der Waals surface area contributed by atoms with Crippen LogP contribution in [0.5, 0.6) is 17.2 Å². The van der Waals surface area contributed by atoms with E-state index in [1.54, 1.807) is 13.2 Å². The zero-order chi connectivity index (χ0) is 22.9. The second-order valence-corrected chi connectivity index (χ2v) is 7.53. The van der Waals surface area contributed by atoms with E-state index in [0.717, 1.165) is 29.8 Å². The second kappa shape index (κ2) is 11.1. The average molecular weight is 457 g/mol. The highest BCUT2D eigenvalue weighted by Gasteiger charge is 2.22. The van der Waals surface area contributed by atoms with E-state index >= 15 is 0 Å². The van der Waals surface area contributed by atoms with Gasteiger partial charge in [0, 0.05) is 22.6 Å². The number of hydrogen-bond donors (Lipinski definition) is 1. The number of unbranched alkanes of at least 4 members (excludes halogenated alkanes) is 1. The maximum absolute atomic E-state index is 11.5. The SMILES string of the molecule is CCCCOc1c(OC)cc(/C=N\Nc2nc(-c3cccc(OC)c3)cs2)cc1[N+](=O)[O-]. The molecule has 3 rings (SSSR count). The van der Waals surface area contributed by atoms with E-state index < -0.39 is 4.92 Å². The molecule has 2 aromatic carbocycles. The van der Waals surface area contributed by atoms with Crippen molar-refractivity contribution >= 4 is 28.4 Å². The number of nitro groups is 1. The smallest absolute Gasteiger partial charge is 0.315 e. The largest absolute Gasteiger partial charge is 0.497 e. The lowest BCUT2D eigenvalue weighted by molar-refractivity contribution is -0.386. The lowest BCUT2D eigenvalue weighted by Gasteiger charge is -2.11. The predicted molar refractivity (Wildman–Crippen MR) is 125 cm³/mol. The molecular formula is C22H24N4O5S. The Hall–Kier alpha value is -3.66. The topological polar surface area (TPSA) is 108 Å². The number of nitrogens with one attached hydrogen (secondary N) is 1. The van der Waals surface area contributed by atoms with Gasteiger partial charge < -0.3 is 14.2 Å². The summed E-state index contributed by atoms with van der Waals surface area (Å²) in [5, 5.41) is 18.2. The third-order valence-electron chi connectivity index (χ3n) is 4.46. The first-order valence-corrected chi connectivity index (χ1v) is 10.8. The van der Waals surface area contributed by atoms with Crippen molar-refractivity contribution in [3.8, 4) is 28.5 Å². The maximum atomic E-state index is 11.5. The van der Waals surface area contributed by atoms with Crippen LogP contribution in [-0.4, -0.2) is 36.9 Å². The van der Waals surface area contributed by atoms with Crippen LogP contribution < -0.4 is 19.6 Å². The Kier molecular flexibility index (Phi) is 7.98. The Morgan fingerprint density at radius 1 is 1.25 bits per heavy atom. The molecule has 0 aliphatic rings. The van der Waals surface area contributed by atoms with Gasteiger partial charge in [-0.15, -0.1) is 11.3 Å². The van der Waals surface area contributed by atoms with Gasteiger partial charge in [-0.05, 0) is 24.6 Å². The van der Waals surface area contributed by atoms with Crippen LogP contribution in [0.15, 0.2) is 46.9 Å². The van der Waals surface area contributed by atoms with Crippen LogP contribution in [0.1, 0.15) is 25.3 Å². The van der Waals surface area contributed by atoms with Gasteiger partial charge in [0.25, 0.3) is 0 Å². The highest BCUT2D eigenvalue weighted by Crippen LogP contribution is 2.38. The molecule has 3 aromatic rings. The molecule has 1 aromatic heterocycles. The first-order valence-electron chi connectivity index (χ1n) is 9.94. The molecule has 0 unspecified atom stereocenters. The number of thiazole rings is 1. The number of anilines is 1. The summed E-state index contributed by atoms with van der Waals surface area (Å²) in [6.07, 6.45) is 3.18. The molecule has 0 aliphatic heterocycles. The van der Waals surface area contributed by atoms with E-state index in [4.69, 9.17) is 14.2 Å². The Morgan fingerprint density at radius 2 is 2.09 bits per heavy atom. The number of hydrazone groups is 1. The number of methoxy groups -OCH3 is 2. The Bertz CT molecular complexity index is 1100. The Labute approximate surface area is 189 Å². The van der Waals surface area contributed by atoms with E-state index in [9.17, 15) is 10.1 Å². The van der Waals surface area contributed by atoms with Crippen molar-refractivity contribution in [3.05, 3.63) is 57.5 Å². The fourth-order valence-electron chi connectivity index (χ4n) is 2.84. The van der Waals surface area contributed by atoms with Crippen molar-refractivity contribution in [1.29, 1.82) is 0 Å².